The number of nitrogens with zero attached hydrogens (tertiary/aromatic N) is 1. The Morgan fingerprint density at radius 1 is 1.29 bits per heavy atom. The van der Waals surface area contributed by atoms with E-state index in [2.05, 4.69) is 5.32 Å². The number of ketones is 1. The van der Waals surface area contributed by atoms with Crippen LogP contribution in [0.4, 0.5) is 4.79 Å². The smallest absolute Gasteiger partial charge is 0.325 e. The Balaban J connectivity index is 1.99. The number of imide groups is 1. The van der Waals surface area contributed by atoms with Crippen molar-refractivity contribution in [2.45, 2.75) is 39.7 Å². The molecule has 1 aliphatic rings. The van der Waals surface area contributed by atoms with Crippen LogP contribution < -0.4 is 10.1 Å². The zero-order valence-electron chi connectivity index (χ0n) is 14.6. The highest BCUT2D eigenvalue weighted by Gasteiger charge is 2.47. The molecule has 130 valence electrons. The van der Waals surface area contributed by atoms with Crippen LogP contribution in [0.1, 0.15) is 44.5 Å². The molecule has 1 fully saturated rings. The van der Waals surface area contributed by atoms with Crippen molar-refractivity contribution in [3.8, 4) is 5.75 Å². The summed E-state index contributed by atoms with van der Waals surface area (Å²) in [5.74, 6) is 0.426. The molecule has 3 amide bonds. The fourth-order valence-electron chi connectivity index (χ4n) is 3.04. The maximum absolute atomic E-state index is 12.5. The number of ether oxygens (including phenoxy) is 1. The summed E-state index contributed by atoms with van der Waals surface area (Å²) < 4.78 is 5.61. The largest absolute Gasteiger partial charge is 0.491 e. The number of benzene rings is 1. The number of carbonyl (C=O) groups excluding carboxylic acids is 3. The van der Waals surface area contributed by atoms with Crippen LogP contribution in [0.15, 0.2) is 24.3 Å². The van der Waals surface area contributed by atoms with Crippen molar-refractivity contribution < 1.29 is 19.1 Å². The van der Waals surface area contributed by atoms with Gasteiger partial charge in [-0.1, -0.05) is 26.0 Å². The molecule has 1 aliphatic heterocycles. The highest BCUT2D eigenvalue weighted by molar-refractivity contribution is 6.06. The second kappa shape index (κ2) is 7.03. The van der Waals surface area contributed by atoms with Gasteiger partial charge in [-0.3, -0.25) is 14.5 Å². The predicted octanol–water partition coefficient (Wildman–Crippen LogP) is 2.62. The lowest BCUT2D eigenvalue weighted by Crippen LogP contribution is -2.45. The lowest BCUT2D eigenvalue weighted by Gasteiger charge is -2.23. The lowest BCUT2D eigenvalue weighted by atomic mass is 9.91. The Kier molecular flexibility index (Phi) is 5.26. The van der Waals surface area contributed by atoms with Gasteiger partial charge in [0.15, 0.2) is 5.78 Å². The number of amides is 3. The Labute approximate surface area is 142 Å². The lowest BCUT2D eigenvalue weighted by molar-refractivity contribution is -0.131. The van der Waals surface area contributed by atoms with Gasteiger partial charge in [-0.2, -0.15) is 0 Å². The van der Waals surface area contributed by atoms with Crippen molar-refractivity contribution in [2.24, 2.45) is 5.92 Å². The highest BCUT2D eigenvalue weighted by Crippen LogP contribution is 2.25. The molecule has 0 radical (unpaired) electrons. The fraction of sp³-hybridized carbons (Fsp3) is 0.500. The van der Waals surface area contributed by atoms with Crippen molar-refractivity contribution in [2.75, 3.05) is 13.2 Å². The summed E-state index contributed by atoms with van der Waals surface area (Å²) in [7, 11) is 0. The summed E-state index contributed by atoms with van der Waals surface area (Å²) in [6, 6.07) is 6.52. The fourth-order valence-corrected chi connectivity index (χ4v) is 3.04. The molecule has 1 aromatic carbocycles. The monoisotopic (exact) mass is 332 g/mol. The normalized spacial score (nSPS) is 20.5. The van der Waals surface area contributed by atoms with Gasteiger partial charge in [-0.15, -0.1) is 0 Å². The number of para-hydroxylation sites is 1. The van der Waals surface area contributed by atoms with Gasteiger partial charge in [0.2, 0.25) is 0 Å². The zero-order valence-corrected chi connectivity index (χ0v) is 14.6. The van der Waals surface area contributed by atoms with Crippen molar-refractivity contribution in [3.63, 3.8) is 0 Å². The number of nitrogens with one attached hydrogen (secondary N) is 1. The first kappa shape index (κ1) is 18.0. The van der Waals surface area contributed by atoms with E-state index in [1.165, 1.54) is 11.8 Å². The van der Waals surface area contributed by atoms with Gasteiger partial charge < -0.3 is 10.1 Å². The summed E-state index contributed by atoms with van der Waals surface area (Å²) in [4.78, 5) is 37.4. The summed E-state index contributed by atoms with van der Waals surface area (Å²) in [5.41, 5.74) is -0.373. The van der Waals surface area contributed by atoms with Crippen molar-refractivity contribution in [3.05, 3.63) is 29.8 Å². The van der Waals surface area contributed by atoms with Gasteiger partial charge in [-0.25, -0.2) is 4.79 Å². The molecule has 0 aromatic heterocycles. The Morgan fingerprint density at radius 3 is 2.58 bits per heavy atom. The summed E-state index contributed by atoms with van der Waals surface area (Å²) in [6.07, 6.45) is 0.585. The SMILES string of the molecule is CC(=O)c1ccccc1OCCN1C(=O)NC(C)(CC(C)C)C1=O. The minimum atomic E-state index is -0.859. The first-order valence-electron chi connectivity index (χ1n) is 8.11. The molecule has 1 N–H and O–H groups in total. The van der Waals surface area contributed by atoms with E-state index in [0.29, 0.717) is 17.7 Å². The minimum Gasteiger partial charge on any atom is -0.491 e. The topological polar surface area (TPSA) is 75.7 Å². The van der Waals surface area contributed by atoms with E-state index in [4.69, 9.17) is 4.74 Å². The van der Waals surface area contributed by atoms with Gasteiger partial charge >= 0.3 is 6.03 Å². The molecule has 1 saturated heterocycles. The van der Waals surface area contributed by atoms with Crippen LogP contribution in [-0.4, -0.2) is 41.3 Å². The molecular formula is C18H24N2O4. The van der Waals surface area contributed by atoms with E-state index in [9.17, 15) is 14.4 Å². The minimum absolute atomic E-state index is 0.0925. The number of carbonyl (C=O) groups is 3. The van der Waals surface area contributed by atoms with Gasteiger partial charge in [0.05, 0.1) is 12.1 Å². The molecule has 6 nitrogen and oxygen atoms in total. The number of hydrogen-bond donors (Lipinski definition) is 1. The molecule has 1 unspecified atom stereocenters. The van der Waals surface area contributed by atoms with Gasteiger partial charge in [0.25, 0.3) is 5.91 Å². The van der Waals surface area contributed by atoms with Crippen LogP contribution >= 0.6 is 0 Å². The summed E-state index contributed by atoms with van der Waals surface area (Å²) in [6.45, 7) is 7.52. The number of urea groups is 1. The second-order valence-corrected chi connectivity index (χ2v) is 6.72. The van der Waals surface area contributed by atoms with Crippen LogP contribution in [0.2, 0.25) is 0 Å². The molecule has 0 aliphatic carbocycles. The van der Waals surface area contributed by atoms with Crippen LogP contribution in [0.5, 0.6) is 5.75 Å². The van der Waals surface area contributed by atoms with E-state index >= 15 is 0 Å². The first-order chi connectivity index (χ1) is 11.2. The second-order valence-electron chi connectivity index (χ2n) is 6.72. The van der Waals surface area contributed by atoms with Crippen LogP contribution in [0.25, 0.3) is 0 Å². The van der Waals surface area contributed by atoms with Crippen molar-refractivity contribution in [1.29, 1.82) is 0 Å². The molecule has 24 heavy (non-hydrogen) atoms. The molecule has 1 aromatic rings. The third-order valence-electron chi connectivity index (χ3n) is 4.00. The van der Waals surface area contributed by atoms with E-state index in [1.54, 1.807) is 31.2 Å². The summed E-state index contributed by atoms with van der Waals surface area (Å²) in [5, 5.41) is 2.77. The predicted molar refractivity (Wildman–Crippen MR) is 90.0 cm³/mol. The van der Waals surface area contributed by atoms with E-state index < -0.39 is 11.6 Å². The van der Waals surface area contributed by atoms with E-state index in [1.807, 2.05) is 13.8 Å². The Morgan fingerprint density at radius 2 is 1.96 bits per heavy atom. The van der Waals surface area contributed by atoms with E-state index in [0.717, 1.165) is 0 Å². The van der Waals surface area contributed by atoms with Crippen molar-refractivity contribution >= 4 is 17.7 Å². The molecule has 2 rings (SSSR count). The van der Waals surface area contributed by atoms with Crippen LogP contribution in [0, 0.1) is 5.92 Å². The number of rotatable bonds is 7. The molecule has 0 bridgehead atoms. The maximum atomic E-state index is 12.5. The van der Waals surface area contributed by atoms with Crippen LogP contribution in [0.3, 0.4) is 0 Å². The van der Waals surface area contributed by atoms with Gasteiger partial charge in [0, 0.05) is 0 Å². The quantitative estimate of drug-likeness (QED) is 0.615. The third-order valence-corrected chi connectivity index (χ3v) is 4.00. The maximum Gasteiger partial charge on any atom is 0.325 e. The van der Waals surface area contributed by atoms with Gasteiger partial charge in [-0.05, 0) is 38.3 Å². The molecule has 6 heteroatoms. The zero-order chi connectivity index (χ0) is 17.9. The summed E-state index contributed by atoms with van der Waals surface area (Å²) >= 11 is 0. The molecule has 1 heterocycles. The van der Waals surface area contributed by atoms with E-state index in [-0.39, 0.29) is 30.8 Å². The van der Waals surface area contributed by atoms with Crippen LogP contribution in [-0.2, 0) is 4.79 Å². The van der Waals surface area contributed by atoms with Gasteiger partial charge in [0.1, 0.15) is 17.9 Å². The number of Topliss-reactive ketones (excluding diaryl/α,β-unsaturated/α-hetero) is 1. The molecule has 0 saturated carbocycles. The molecular weight excluding hydrogens is 308 g/mol. The average Bonchev–Trinajstić information content (AvgIpc) is 2.69. The average molecular weight is 332 g/mol. The molecule has 0 spiro atoms. The third kappa shape index (κ3) is 3.75. The Bertz CT molecular complexity index is 656. The Hall–Kier alpha value is -2.37. The first-order valence-corrected chi connectivity index (χ1v) is 8.11. The number of hydrogen-bond acceptors (Lipinski definition) is 4. The van der Waals surface area contributed by atoms with Crippen molar-refractivity contribution in [1.82, 2.24) is 10.2 Å². The highest BCUT2D eigenvalue weighted by atomic mass is 16.5. The standard InChI is InChI=1S/C18H24N2O4/c1-12(2)11-18(4)16(22)20(17(23)19-18)9-10-24-15-8-6-5-7-14(15)13(3)21/h5-8,12H,9-11H2,1-4H3,(H,19,23). The molecule has 1 atom stereocenters.